The molecule has 4 aromatic heterocycles. The summed E-state index contributed by atoms with van der Waals surface area (Å²) >= 11 is 1.40. The third kappa shape index (κ3) is 3.62. The monoisotopic (exact) mass is 463 g/mol. The fraction of sp³-hybridized carbons (Fsp3) is 0.400. The molecule has 12 heteroatoms. The molecule has 1 aliphatic rings. The van der Waals surface area contributed by atoms with Crippen molar-refractivity contribution in [3.8, 4) is 0 Å². The number of alkyl halides is 3. The van der Waals surface area contributed by atoms with Gasteiger partial charge in [-0.25, -0.2) is 4.98 Å². The average Bonchev–Trinajstić information content (AvgIpc) is 3.34. The molecule has 168 valence electrons. The van der Waals surface area contributed by atoms with E-state index in [1.807, 2.05) is 20.7 Å². The molecule has 1 aliphatic heterocycles. The number of fused-ring (bicyclic) bond motifs is 3. The van der Waals surface area contributed by atoms with Gasteiger partial charge in [-0.2, -0.15) is 13.2 Å². The zero-order chi connectivity index (χ0) is 22.5. The molecule has 0 aliphatic carbocycles. The minimum atomic E-state index is -4.39. The molecule has 5 rings (SSSR count). The third-order valence-corrected chi connectivity index (χ3v) is 6.64. The first-order valence-electron chi connectivity index (χ1n) is 10.1. The second kappa shape index (κ2) is 7.85. The summed E-state index contributed by atoms with van der Waals surface area (Å²) in [6, 6.07) is 4.41. The van der Waals surface area contributed by atoms with E-state index in [-0.39, 0.29) is 5.56 Å². The molecule has 0 spiro atoms. The van der Waals surface area contributed by atoms with E-state index < -0.39 is 11.7 Å². The molecule has 0 unspecified atom stereocenters. The zero-order valence-corrected chi connectivity index (χ0v) is 18.0. The van der Waals surface area contributed by atoms with Crippen LogP contribution in [0.25, 0.3) is 16.0 Å². The Labute approximate surface area is 184 Å². The van der Waals surface area contributed by atoms with E-state index >= 15 is 0 Å². The standard InChI is InChI=1S/C20H20F3N7OS/c1-27-18(31)17-14(5-10-32-17)30-16(25-26-19(27)30)12-28-6-2-7-29(9-8-28)15-4-3-13(11-24-15)20(21,22)23/h3-5,10-11H,2,6-9,12H2,1H3. The normalized spacial score (nSPS) is 16.2. The molecule has 0 aromatic carbocycles. The van der Waals surface area contributed by atoms with Crippen molar-refractivity contribution in [3.63, 3.8) is 0 Å². The molecule has 1 fully saturated rings. The Balaban J connectivity index is 1.35. The Bertz CT molecular complexity index is 1330. The number of anilines is 1. The van der Waals surface area contributed by atoms with Gasteiger partial charge in [0.25, 0.3) is 5.56 Å². The number of aromatic nitrogens is 5. The summed E-state index contributed by atoms with van der Waals surface area (Å²) in [5, 5.41) is 10.5. The van der Waals surface area contributed by atoms with Crippen molar-refractivity contribution in [2.45, 2.75) is 19.1 Å². The largest absolute Gasteiger partial charge is 0.417 e. The number of nitrogens with zero attached hydrogens (tertiary/aromatic N) is 7. The number of hydrogen-bond acceptors (Lipinski definition) is 7. The van der Waals surface area contributed by atoms with Gasteiger partial charge in [-0.05, 0) is 30.0 Å². The highest BCUT2D eigenvalue weighted by atomic mass is 32.1. The van der Waals surface area contributed by atoms with E-state index in [4.69, 9.17) is 0 Å². The highest BCUT2D eigenvalue weighted by Gasteiger charge is 2.31. The van der Waals surface area contributed by atoms with Crippen LogP contribution in [0.2, 0.25) is 0 Å². The Morgan fingerprint density at radius 2 is 1.94 bits per heavy atom. The number of aryl methyl sites for hydroxylation is 1. The SMILES string of the molecule is Cn1c(=O)c2sccc2n2c(CN3CCCN(c4ccc(C(F)(F)F)cn4)CC3)nnc12. The van der Waals surface area contributed by atoms with Crippen LogP contribution in [0.4, 0.5) is 19.0 Å². The van der Waals surface area contributed by atoms with Crippen LogP contribution < -0.4 is 10.5 Å². The van der Waals surface area contributed by atoms with E-state index in [9.17, 15) is 18.0 Å². The molecule has 0 bridgehead atoms. The maximum atomic E-state index is 12.8. The molecule has 0 amide bonds. The van der Waals surface area contributed by atoms with Crippen LogP contribution in [0.3, 0.4) is 0 Å². The van der Waals surface area contributed by atoms with Crippen molar-refractivity contribution in [3.05, 3.63) is 51.5 Å². The summed E-state index contributed by atoms with van der Waals surface area (Å²) < 4.78 is 42.5. The summed E-state index contributed by atoms with van der Waals surface area (Å²) in [5.41, 5.74) is -0.0278. The average molecular weight is 463 g/mol. The summed E-state index contributed by atoms with van der Waals surface area (Å²) in [6.45, 7) is 3.42. The lowest BCUT2D eigenvalue weighted by molar-refractivity contribution is -0.137. The van der Waals surface area contributed by atoms with Gasteiger partial charge in [0.05, 0.1) is 17.6 Å². The van der Waals surface area contributed by atoms with Gasteiger partial charge in [0.1, 0.15) is 10.5 Å². The van der Waals surface area contributed by atoms with E-state index in [1.165, 1.54) is 22.0 Å². The highest BCUT2D eigenvalue weighted by Crippen LogP contribution is 2.29. The van der Waals surface area contributed by atoms with Crippen molar-refractivity contribution in [2.24, 2.45) is 7.05 Å². The van der Waals surface area contributed by atoms with Gasteiger partial charge in [0.2, 0.25) is 5.78 Å². The highest BCUT2D eigenvalue weighted by molar-refractivity contribution is 7.17. The number of pyridine rings is 1. The molecule has 0 N–H and O–H groups in total. The van der Waals surface area contributed by atoms with Crippen LogP contribution in [0.5, 0.6) is 0 Å². The molecule has 1 saturated heterocycles. The van der Waals surface area contributed by atoms with Crippen LogP contribution in [0, 0.1) is 0 Å². The van der Waals surface area contributed by atoms with Crippen molar-refractivity contribution in [1.82, 2.24) is 29.0 Å². The van der Waals surface area contributed by atoms with Crippen molar-refractivity contribution < 1.29 is 13.2 Å². The van der Waals surface area contributed by atoms with Gasteiger partial charge in [-0.1, -0.05) is 0 Å². The molecule has 5 heterocycles. The lowest BCUT2D eigenvalue weighted by atomic mass is 10.2. The van der Waals surface area contributed by atoms with Gasteiger partial charge in [-0.15, -0.1) is 21.5 Å². The van der Waals surface area contributed by atoms with Gasteiger partial charge < -0.3 is 4.90 Å². The number of halogens is 3. The molecule has 32 heavy (non-hydrogen) atoms. The predicted molar refractivity (Wildman–Crippen MR) is 115 cm³/mol. The summed E-state index contributed by atoms with van der Waals surface area (Å²) in [6.07, 6.45) is -2.66. The van der Waals surface area contributed by atoms with Gasteiger partial charge in [0.15, 0.2) is 5.82 Å². The minimum absolute atomic E-state index is 0.0871. The first-order valence-corrected chi connectivity index (χ1v) is 11.0. The lowest BCUT2D eigenvalue weighted by Gasteiger charge is -2.22. The summed E-state index contributed by atoms with van der Waals surface area (Å²) in [5.74, 6) is 1.80. The number of rotatable bonds is 3. The summed E-state index contributed by atoms with van der Waals surface area (Å²) in [4.78, 5) is 20.8. The quantitative estimate of drug-likeness (QED) is 0.465. The molecule has 0 saturated carbocycles. The second-order valence-corrected chi connectivity index (χ2v) is 8.69. The Hall–Kier alpha value is -2.99. The molecular weight excluding hydrogens is 443 g/mol. The van der Waals surface area contributed by atoms with Crippen molar-refractivity contribution in [1.29, 1.82) is 0 Å². The van der Waals surface area contributed by atoms with Crippen LogP contribution in [0.15, 0.2) is 34.6 Å². The first-order chi connectivity index (χ1) is 15.3. The van der Waals surface area contributed by atoms with E-state index in [0.29, 0.717) is 42.5 Å². The van der Waals surface area contributed by atoms with Gasteiger partial charge >= 0.3 is 6.18 Å². The van der Waals surface area contributed by atoms with Crippen LogP contribution in [0.1, 0.15) is 17.8 Å². The smallest absolute Gasteiger partial charge is 0.355 e. The van der Waals surface area contributed by atoms with Crippen LogP contribution in [-0.2, 0) is 19.8 Å². The van der Waals surface area contributed by atoms with E-state index in [0.717, 1.165) is 36.6 Å². The van der Waals surface area contributed by atoms with Crippen LogP contribution >= 0.6 is 11.3 Å². The molecule has 0 radical (unpaired) electrons. The van der Waals surface area contributed by atoms with E-state index in [2.05, 4.69) is 20.1 Å². The van der Waals surface area contributed by atoms with Crippen molar-refractivity contribution >= 4 is 33.1 Å². The maximum absolute atomic E-state index is 12.8. The van der Waals surface area contributed by atoms with Crippen molar-refractivity contribution in [2.75, 3.05) is 31.1 Å². The molecule has 4 aromatic rings. The minimum Gasteiger partial charge on any atom is -0.355 e. The third-order valence-electron chi connectivity index (χ3n) is 5.75. The number of thiophene rings is 1. The van der Waals surface area contributed by atoms with Gasteiger partial charge in [0, 0.05) is 39.4 Å². The van der Waals surface area contributed by atoms with Gasteiger partial charge in [-0.3, -0.25) is 18.7 Å². The molecule has 8 nitrogen and oxygen atoms in total. The lowest BCUT2D eigenvalue weighted by Crippen LogP contribution is -2.31. The Morgan fingerprint density at radius 1 is 1.09 bits per heavy atom. The Morgan fingerprint density at radius 3 is 2.69 bits per heavy atom. The Kier molecular flexibility index (Phi) is 5.13. The van der Waals surface area contributed by atoms with Crippen LogP contribution in [-0.4, -0.2) is 55.2 Å². The van der Waals surface area contributed by atoms with E-state index in [1.54, 1.807) is 7.05 Å². The molecule has 0 atom stereocenters. The second-order valence-electron chi connectivity index (χ2n) is 7.77. The predicted octanol–water partition coefficient (Wildman–Crippen LogP) is 2.77. The fourth-order valence-corrected chi connectivity index (χ4v) is 4.91. The topological polar surface area (TPSA) is 71.6 Å². The molecular formula is C20H20F3N7OS. The first kappa shape index (κ1) is 20.9. The zero-order valence-electron chi connectivity index (χ0n) is 17.2. The maximum Gasteiger partial charge on any atom is 0.417 e. The number of hydrogen-bond donors (Lipinski definition) is 0. The fourth-order valence-electron chi connectivity index (χ4n) is 4.05. The summed E-state index contributed by atoms with van der Waals surface area (Å²) in [7, 11) is 1.69.